The Balaban J connectivity index is 1.78. The quantitative estimate of drug-likeness (QED) is 0.787. The third-order valence-corrected chi connectivity index (χ3v) is 4.33. The molecule has 0 aliphatic carbocycles. The Kier molecular flexibility index (Phi) is 5.53. The van der Waals surface area contributed by atoms with Crippen molar-refractivity contribution in [2.45, 2.75) is 0 Å². The minimum Gasteiger partial charge on any atom is -0.395 e. The number of nitrogens with one attached hydrogen (secondary N) is 1. The summed E-state index contributed by atoms with van der Waals surface area (Å²) in [7, 11) is 0. The minimum atomic E-state index is -0.0357. The summed E-state index contributed by atoms with van der Waals surface area (Å²) < 4.78 is 0. The second-order valence-corrected chi connectivity index (χ2v) is 5.97. The number of aromatic nitrogens is 2. The van der Waals surface area contributed by atoms with Gasteiger partial charge in [0.15, 0.2) is 11.0 Å². The second kappa shape index (κ2) is 8.01. The Bertz CT molecular complexity index is 756. The van der Waals surface area contributed by atoms with Crippen molar-refractivity contribution in [2.75, 3.05) is 54.4 Å². The van der Waals surface area contributed by atoms with E-state index in [9.17, 15) is 5.26 Å². The molecule has 0 spiro atoms. The molecule has 0 radical (unpaired) electrons. The molecule has 1 aliphatic rings. The monoisotopic (exact) mass is 358 g/mol. The zero-order valence-electron chi connectivity index (χ0n) is 13.7. The van der Waals surface area contributed by atoms with Crippen LogP contribution in [0.1, 0.15) is 5.56 Å². The zero-order chi connectivity index (χ0) is 17.6. The third kappa shape index (κ3) is 3.92. The van der Waals surface area contributed by atoms with Gasteiger partial charge in [-0.2, -0.15) is 15.2 Å². The molecular formula is C17H19ClN6O. The summed E-state index contributed by atoms with van der Waals surface area (Å²) in [4.78, 5) is 12.9. The summed E-state index contributed by atoms with van der Waals surface area (Å²) in [6, 6.07) is 12.3. The minimum absolute atomic E-state index is 0.0357. The predicted octanol–water partition coefficient (Wildman–Crippen LogP) is 1.73. The lowest BCUT2D eigenvalue weighted by molar-refractivity contribution is 0.311. The Morgan fingerprint density at radius 2 is 1.80 bits per heavy atom. The van der Waals surface area contributed by atoms with E-state index in [0.717, 1.165) is 26.2 Å². The average molecular weight is 359 g/mol. The van der Waals surface area contributed by atoms with Crippen LogP contribution in [0.4, 0.5) is 17.5 Å². The standard InChI is InChI=1S/C17H19ClN6O/c18-15-14(12-19)16(22-17(21-15)20-6-11-25)24-9-7-23(8-10-24)13-4-2-1-3-5-13/h1-5,25H,6-11H2,(H,20,21,22). The topological polar surface area (TPSA) is 88.3 Å². The van der Waals surface area contributed by atoms with Crippen LogP contribution in [-0.4, -0.2) is 54.4 Å². The zero-order valence-corrected chi connectivity index (χ0v) is 14.4. The van der Waals surface area contributed by atoms with Crippen LogP contribution in [0.15, 0.2) is 30.3 Å². The number of halogens is 1. The van der Waals surface area contributed by atoms with Crippen molar-refractivity contribution in [1.29, 1.82) is 5.26 Å². The summed E-state index contributed by atoms with van der Waals surface area (Å²) in [5, 5.41) is 21.4. The number of nitrogens with zero attached hydrogens (tertiary/aromatic N) is 5. The highest BCUT2D eigenvalue weighted by molar-refractivity contribution is 6.31. The molecule has 1 aromatic carbocycles. The molecule has 2 N–H and O–H groups in total. The molecule has 1 fully saturated rings. The van der Waals surface area contributed by atoms with Crippen LogP contribution in [-0.2, 0) is 0 Å². The predicted molar refractivity (Wildman–Crippen MR) is 98.2 cm³/mol. The van der Waals surface area contributed by atoms with E-state index in [1.807, 2.05) is 18.2 Å². The molecule has 0 atom stereocenters. The van der Waals surface area contributed by atoms with Crippen LogP contribution in [0, 0.1) is 11.3 Å². The highest BCUT2D eigenvalue weighted by Gasteiger charge is 2.23. The smallest absolute Gasteiger partial charge is 0.226 e. The van der Waals surface area contributed by atoms with Gasteiger partial charge in [0, 0.05) is 38.4 Å². The van der Waals surface area contributed by atoms with E-state index in [1.165, 1.54) is 5.69 Å². The first-order chi connectivity index (χ1) is 12.2. The number of para-hydroxylation sites is 1. The van der Waals surface area contributed by atoms with Gasteiger partial charge in [0.05, 0.1) is 6.61 Å². The lowest BCUT2D eigenvalue weighted by Crippen LogP contribution is -2.47. The number of hydrogen-bond donors (Lipinski definition) is 2. The molecule has 0 bridgehead atoms. The summed E-state index contributed by atoms with van der Waals surface area (Å²) in [6.45, 7) is 3.41. The van der Waals surface area contributed by atoms with E-state index in [-0.39, 0.29) is 17.3 Å². The molecule has 1 aliphatic heterocycles. The van der Waals surface area contributed by atoms with Crippen molar-refractivity contribution in [2.24, 2.45) is 0 Å². The second-order valence-electron chi connectivity index (χ2n) is 5.61. The van der Waals surface area contributed by atoms with Gasteiger partial charge in [-0.3, -0.25) is 0 Å². The van der Waals surface area contributed by atoms with Crippen molar-refractivity contribution in [3.05, 3.63) is 41.0 Å². The normalized spacial score (nSPS) is 14.3. The van der Waals surface area contributed by atoms with Crippen LogP contribution in [0.3, 0.4) is 0 Å². The highest BCUT2D eigenvalue weighted by atomic mass is 35.5. The van der Waals surface area contributed by atoms with Crippen molar-refractivity contribution in [3.63, 3.8) is 0 Å². The molecule has 7 nitrogen and oxygen atoms in total. The molecule has 0 unspecified atom stereocenters. The Morgan fingerprint density at radius 1 is 1.12 bits per heavy atom. The van der Waals surface area contributed by atoms with Gasteiger partial charge >= 0.3 is 0 Å². The van der Waals surface area contributed by atoms with Gasteiger partial charge in [-0.1, -0.05) is 29.8 Å². The lowest BCUT2D eigenvalue weighted by Gasteiger charge is -2.37. The molecule has 3 rings (SSSR count). The number of rotatable bonds is 5. The van der Waals surface area contributed by atoms with E-state index in [0.29, 0.717) is 18.3 Å². The molecular weight excluding hydrogens is 340 g/mol. The van der Waals surface area contributed by atoms with Gasteiger partial charge < -0.3 is 20.2 Å². The van der Waals surface area contributed by atoms with Crippen molar-refractivity contribution < 1.29 is 5.11 Å². The maximum absolute atomic E-state index is 9.41. The number of aliphatic hydroxyl groups is 1. The molecule has 2 aromatic rings. The fraction of sp³-hybridized carbons (Fsp3) is 0.353. The first-order valence-corrected chi connectivity index (χ1v) is 8.48. The van der Waals surface area contributed by atoms with Gasteiger partial charge in [0.25, 0.3) is 0 Å². The maximum atomic E-state index is 9.41. The van der Waals surface area contributed by atoms with E-state index >= 15 is 0 Å². The molecule has 1 saturated heterocycles. The van der Waals surface area contributed by atoms with Gasteiger partial charge in [-0.05, 0) is 12.1 Å². The summed E-state index contributed by atoms with van der Waals surface area (Å²) in [6.07, 6.45) is 0. The van der Waals surface area contributed by atoms with Gasteiger partial charge in [-0.15, -0.1) is 0 Å². The number of nitriles is 1. The fourth-order valence-corrected chi connectivity index (χ4v) is 3.02. The van der Waals surface area contributed by atoms with Crippen LogP contribution < -0.4 is 15.1 Å². The summed E-state index contributed by atoms with van der Waals surface area (Å²) in [5.74, 6) is 0.856. The van der Waals surface area contributed by atoms with E-state index in [4.69, 9.17) is 16.7 Å². The summed E-state index contributed by atoms with van der Waals surface area (Å²) >= 11 is 6.14. The largest absolute Gasteiger partial charge is 0.395 e. The number of aliphatic hydroxyl groups excluding tert-OH is 1. The van der Waals surface area contributed by atoms with Crippen molar-refractivity contribution in [1.82, 2.24) is 9.97 Å². The van der Waals surface area contributed by atoms with E-state index < -0.39 is 0 Å². The molecule has 0 amide bonds. The van der Waals surface area contributed by atoms with Gasteiger partial charge in [-0.25, -0.2) is 0 Å². The first-order valence-electron chi connectivity index (χ1n) is 8.10. The maximum Gasteiger partial charge on any atom is 0.226 e. The molecule has 130 valence electrons. The lowest BCUT2D eigenvalue weighted by atomic mass is 10.2. The van der Waals surface area contributed by atoms with Gasteiger partial charge in [0.1, 0.15) is 11.6 Å². The molecule has 25 heavy (non-hydrogen) atoms. The average Bonchev–Trinajstić information content (AvgIpc) is 2.67. The Morgan fingerprint density at radius 3 is 2.44 bits per heavy atom. The number of hydrogen-bond acceptors (Lipinski definition) is 7. The Hall–Kier alpha value is -2.56. The van der Waals surface area contributed by atoms with E-state index in [2.05, 4.69) is 43.3 Å². The highest BCUT2D eigenvalue weighted by Crippen LogP contribution is 2.27. The number of benzene rings is 1. The molecule has 1 aromatic heterocycles. The number of piperazine rings is 1. The van der Waals surface area contributed by atoms with Gasteiger partial charge in [0.2, 0.25) is 5.95 Å². The fourth-order valence-electron chi connectivity index (χ4n) is 2.81. The van der Waals surface area contributed by atoms with Crippen LogP contribution in [0.25, 0.3) is 0 Å². The summed E-state index contributed by atoms with van der Waals surface area (Å²) in [5.41, 5.74) is 1.47. The van der Waals surface area contributed by atoms with Crippen LogP contribution in [0.2, 0.25) is 5.15 Å². The van der Waals surface area contributed by atoms with Crippen LogP contribution >= 0.6 is 11.6 Å². The van der Waals surface area contributed by atoms with Crippen molar-refractivity contribution >= 4 is 29.1 Å². The number of anilines is 3. The van der Waals surface area contributed by atoms with E-state index in [1.54, 1.807) is 0 Å². The third-order valence-electron chi connectivity index (χ3n) is 4.05. The van der Waals surface area contributed by atoms with Crippen molar-refractivity contribution in [3.8, 4) is 6.07 Å². The first kappa shape index (κ1) is 17.3. The SMILES string of the molecule is N#Cc1c(Cl)nc(NCCO)nc1N1CCN(c2ccccc2)CC1. The molecule has 8 heteroatoms. The van der Waals surface area contributed by atoms with Crippen LogP contribution in [0.5, 0.6) is 0 Å². The Labute approximate surface area is 151 Å². The molecule has 2 heterocycles. The molecule has 0 saturated carbocycles.